The third-order valence-electron chi connectivity index (χ3n) is 5.17. The normalized spacial score (nSPS) is 13.5. The minimum atomic E-state index is -0.631. The van der Waals surface area contributed by atoms with Gasteiger partial charge < -0.3 is 15.5 Å². The van der Waals surface area contributed by atoms with Gasteiger partial charge in [-0.25, -0.2) is 0 Å². The van der Waals surface area contributed by atoms with Crippen LogP contribution in [0.2, 0.25) is 0 Å². The molecule has 0 unspecified atom stereocenters. The van der Waals surface area contributed by atoms with E-state index in [1.807, 2.05) is 26.0 Å². The summed E-state index contributed by atoms with van der Waals surface area (Å²) in [6.45, 7) is 6.59. The van der Waals surface area contributed by atoms with Gasteiger partial charge in [0.1, 0.15) is 0 Å². The van der Waals surface area contributed by atoms with Gasteiger partial charge in [0.15, 0.2) is 0 Å². The van der Waals surface area contributed by atoms with Crippen molar-refractivity contribution in [1.29, 1.82) is 0 Å². The molecule has 142 valence electrons. The third-order valence-corrected chi connectivity index (χ3v) is 5.17. The number of hydrogen-bond acceptors (Lipinski definition) is 3. The van der Waals surface area contributed by atoms with Gasteiger partial charge in [-0.15, -0.1) is 0 Å². The third kappa shape index (κ3) is 4.88. The Balaban J connectivity index is 1.46. The minimum Gasteiger partial charge on any atom is -0.372 e. The summed E-state index contributed by atoms with van der Waals surface area (Å²) >= 11 is 0. The molecule has 1 fully saturated rings. The zero-order chi connectivity index (χ0) is 19.2. The highest BCUT2D eigenvalue weighted by atomic mass is 16.2. The van der Waals surface area contributed by atoms with Crippen LogP contribution in [-0.2, 0) is 16.0 Å². The van der Waals surface area contributed by atoms with Crippen molar-refractivity contribution in [3.63, 3.8) is 0 Å². The van der Waals surface area contributed by atoms with Crippen molar-refractivity contribution in [2.75, 3.05) is 29.9 Å². The SMILES string of the molecule is Cc1cccc(NC(=O)C(=O)NCCc2ccc(N3CCCC3)cc2)c1C. The summed E-state index contributed by atoms with van der Waals surface area (Å²) in [7, 11) is 0. The molecule has 1 saturated heterocycles. The molecule has 0 aromatic heterocycles. The van der Waals surface area contributed by atoms with E-state index >= 15 is 0 Å². The molecule has 2 aromatic carbocycles. The molecule has 1 aliphatic heterocycles. The fourth-order valence-electron chi connectivity index (χ4n) is 3.31. The van der Waals surface area contributed by atoms with Crippen LogP contribution < -0.4 is 15.5 Å². The van der Waals surface area contributed by atoms with E-state index in [0.29, 0.717) is 18.7 Å². The standard InChI is InChI=1S/C22H27N3O2/c1-16-6-5-7-20(17(16)2)24-22(27)21(26)23-13-12-18-8-10-19(11-9-18)25-14-3-4-15-25/h5-11H,3-4,12-15H2,1-2H3,(H,23,26)(H,24,27). The Labute approximate surface area is 160 Å². The smallest absolute Gasteiger partial charge is 0.313 e. The maximum absolute atomic E-state index is 12.1. The van der Waals surface area contributed by atoms with Crippen LogP contribution in [0.5, 0.6) is 0 Å². The first-order valence-electron chi connectivity index (χ1n) is 9.54. The number of carbonyl (C=O) groups excluding carboxylic acids is 2. The summed E-state index contributed by atoms with van der Waals surface area (Å²) < 4.78 is 0. The second kappa shape index (κ2) is 8.71. The molecule has 0 bridgehead atoms. The lowest BCUT2D eigenvalue weighted by Crippen LogP contribution is -2.36. The summed E-state index contributed by atoms with van der Waals surface area (Å²) in [5.74, 6) is -1.24. The number of benzene rings is 2. The second-order valence-corrected chi connectivity index (χ2v) is 7.07. The van der Waals surface area contributed by atoms with Gasteiger partial charge in [0, 0.05) is 31.0 Å². The van der Waals surface area contributed by atoms with Crippen LogP contribution in [-0.4, -0.2) is 31.4 Å². The highest BCUT2D eigenvalue weighted by molar-refractivity contribution is 6.39. The topological polar surface area (TPSA) is 61.4 Å². The summed E-state index contributed by atoms with van der Waals surface area (Å²) in [4.78, 5) is 26.5. The summed E-state index contributed by atoms with van der Waals surface area (Å²) in [5, 5.41) is 5.38. The van der Waals surface area contributed by atoms with Gasteiger partial charge in [-0.05, 0) is 68.0 Å². The molecule has 3 rings (SSSR count). The Kier molecular flexibility index (Phi) is 6.12. The number of nitrogens with zero attached hydrogens (tertiary/aromatic N) is 1. The van der Waals surface area contributed by atoms with Crippen LogP contribution in [0, 0.1) is 13.8 Å². The van der Waals surface area contributed by atoms with E-state index < -0.39 is 11.8 Å². The van der Waals surface area contributed by atoms with Gasteiger partial charge in [-0.1, -0.05) is 24.3 Å². The lowest BCUT2D eigenvalue weighted by Gasteiger charge is -2.17. The molecule has 1 aliphatic rings. The Hall–Kier alpha value is -2.82. The molecular weight excluding hydrogens is 338 g/mol. The number of carbonyl (C=O) groups is 2. The molecule has 0 radical (unpaired) electrons. The van der Waals surface area contributed by atoms with Gasteiger partial charge in [-0.2, -0.15) is 0 Å². The predicted molar refractivity (Wildman–Crippen MR) is 109 cm³/mol. The maximum Gasteiger partial charge on any atom is 0.313 e. The van der Waals surface area contributed by atoms with Gasteiger partial charge in [0.05, 0.1) is 0 Å². The number of nitrogens with one attached hydrogen (secondary N) is 2. The Morgan fingerprint density at radius 2 is 1.67 bits per heavy atom. The molecule has 0 spiro atoms. The van der Waals surface area contributed by atoms with E-state index in [1.54, 1.807) is 6.07 Å². The molecule has 0 saturated carbocycles. The highest BCUT2D eigenvalue weighted by Gasteiger charge is 2.15. The van der Waals surface area contributed by atoms with E-state index in [-0.39, 0.29) is 0 Å². The monoisotopic (exact) mass is 365 g/mol. The fraction of sp³-hybridized carbons (Fsp3) is 0.364. The number of aryl methyl sites for hydroxylation is 1. The van der Waals surface area contributed by atoms with E-state index in [1.165, 1.54) is 18.5 Å². The maximum atomic E-state index is 12.1. The summed E-state index contributed by atoms with van der Waals surface area (Å²) in [6.07, 6.45) is 3.22. The highest BCUT2D eigenvalue weighted by Crippen LogP contribution is 2.20. The van der Waals surface area contributed by atoms with Crippen molar-refractivity contribution >= 4 is 23.2 Å². The van der Waals surface area contributed by atoms with Gasteiger partial charge in [0.2, 0.25) is 0 Å². The fourth-order valence-corrected chi connectivity index (χ4v) is 3.31. The van der Waals surface area contributed by atoms with E-state index in [0.717, 1.165) is 29.8 Å². The lowest BCUT2D eigenvalue weighted by atomic mass is 10.1. The molecular formula is C22H27N3O2. The average Bonchev–Trinajstić information content (AvgIpc) is 3.20. The molecule has 2 aromatic rings. The van der Waals surface area contributed by atoms with Crippen LogP contribution in [0.3, 0.4) is 0 Å². The predicted octanol–water partition coefficient (Wildman–Crippen LogP) is 3.20. The Morgan fingerprint density at radius 3 is 2.37 bits per heavy atom. The Bertz CT molecular complexity index is 809. The molecule has 2 N–H and O–H groups in total. The number of amides is 2. The van der Waals surface area contributed by atoms with Crippen molar-refractivity contribution < 1.29 is 9.59 Å². The van der Waals surface area contributed by atoms with Crippen molar-refractivity contribution in [2.24, 2.45) is 0 Å². The largest absolute Gasteiger partial charge is 0.372 e. The first kappa shape index (κ1) is 19.0. The van der Waals surface area contributed by atoms with Crippen LogP contribution in [0.15, 0.2) is 42.5 Å². The zero-order valence-corrected chi connectivity index (χ0v) is 16.0. The van der Waals surface area contributed by atoms with Crippen molar-refractivity contribution in [2.45, 2.75) is 33.1 Å². The van der Waals surface area contributed by atoms with E-state index in [9.17, 15) is 9.59 Å². The number of anilines is 2. The molecule has 1 heterocycles. The van der Waals surface area contributed by atoms with Crippen molar-refractivity contribution in [3.8, 4) is 0 Å². The van der Waals surface area contributed by atoms with Gasteiger partial charge in [-0.3, -0.25) is 9.59 Å². The van der Waals surface area contributed by atoms with Crippen LogP contribution in [0.25, 0.3) is 0 Å². The quantitative estimate of drug-likeness (QED) is 0.800. The molecule has 2 amide bonds. The Morgan fingerprint density at radius 1 is 0.963 bits per heavy atom. The van der Waals surface area contributed by atoms with Crippen molar-refractivity contribution in [3.05, 3.63) is 59.2 Å². The number of hydrogen-bond donors (Lipinski definition) is 2. The minimum absolute atomic E-state index is 0.433. The van der Waals surface area contributed by atoms with E-state index in [2.05, 4.69) is 39.8 Å². The van der Waals surface area contributed by atoms with Crippen LogP contribution in [0.4, 0.5) is 11.4 Å². The number of rotatable bonds is 5. The molecule has 0 atom stereocenters. The second-order valence-electron chi connectivity index (χ2n) is 7.07. The molecule has 0 aliphatic carbocycles. The average molecular weight is 365 g/mol. The first-order valence-corrected chi connectivity index (χ1v) is 9.54. The molecule has 27 heavy (non-hydrogen) atoms. The lowest BCUT2D eigenvalue weighted by molar-refractivity contribution is -0.136. The van der Waals surface area contributed by atoms with E-state index in [4.69, 9.17) is 0 Å². The van der Waals surface area contributed by atoms with Crippen LogP contribution >= 0.6 is 0 Å². The van der Waals surface area contributed by atoms with Gasteiger partial charge >= 0.3 is 11.8 Å². The molecule has 5 nitrogen and oxygen atoms in total. The van der Waals surface area contributed by atoms with Crippen molar-refractivity contribution in [1.82, 2.24) is 5.32 Å². The first-order chi connectivity index (χ1) is 13.0. The summed E-state index contributed by atoms with van der Waals surface area (Å²) in [6, 6.07) is 14.1. The van der Waals surface area contributed by atoms with Crippen LogP contribution in [0.1, 0.15) is 29.5 Å². The zero-order valence-electron chi connectivity index (χ0n) is 16.0. The molecule has 5 heteroatoms. The summed E-state index contributed by atoms with van der Waals surface area (Å²) in [5.41, 5.74) is 5.12. The van der Waals surface area contributed by atoms with Gasteiger partial charge in [0.25, 0.3) is 0 Å².